The largest absolute Gasteiger partial charge is 0.393 e. The predicted molar refractivity (Wildman–Crippen MR) is 58.5 cm³/mol. The van der Waals surface area contributed by atoms with Crippen LogP contribution in [0.3, 0.4) is 0 Å². The minimum absolute atomic E-state index is 0.219. The summed E-state index contributed by atoms with van der Waals surface area (Å²) in [5.41, 5.74) is 2.80. The van der Waals surface area contributed by atoms with Gasteiger partial charge in [0, 0.05) is 5.92 Å². The van der Waals surface area contributed by atoms with E-state index in [2.05, 4.69) is 31.2 Å². The molecular weight excluding hydrogens is 172 g/mol. The zero-order valence-corrected chi connectivity index (χ0v) is 8.90. The fourth-order valence-corrected chi connectivity index (χ4v) is 2.54. The lowest BCUT2D eigenvalue weighted by molar-refractivity contribution is 0.151. The molecule has 0 radical (unpaired) electrons. The SMILES string of the molecule is CC1CCC(C(C)O)c2ccccc21. The summed E-state index contributed by atoms with van der Waals surface area (Å²) in [6.45, 7) is 4.18. The van der Waals surface area contributed by atoms with Crippen LogP contribution in [-0.2, 0) is 0 Å². The Labute approximate surface area is 85.8 Å². The average Bonchev–Trinajstić information content (AvgIpc) is 2.18. The lowest BCUT2D eigenvalue weighted by Gasteiger charge is -2.31. The Hall–Kier alpha value is -0.820. The molecule has 14 heavy (non-hydrogen) atoms. The Morgan fingerprint density at radius 3 is 2.50 bits per heavy atom. The molecule has 2 rings (SSSR count). The van der Waals surface area contributed by atoms with Gasteiger partial charge < -0.3 is 5.11 Å². The van der Waals surface area contributed by atoms with Crippen molar-refractivity contribution in [2.75, 3.05) is 0 Å². The first-order valence-electron chi connectivity index (χ1n) is 5.47. The van der Waals surface area contributed by atoms with E-state index in [-0.39, 0.29) is 6.10 Å². The molecule has 0 bridgehead atoms. The molecule has 1 nitrogen and oxygen atoms in total. The van der Waals surface area contributed by atoms with Crippen LogP contribution in [0.4, 0.5) is 0 Å². The number of fused-ring (bicyclic) bond motifs is 1. The molecule has 0 fully saturated rings. The molecule has 0 aromatic heterocycles. The molecule has 1 aliphatic carbocycles. The molecule has 0 spiro atoms. The molecule has 3 unspecified atom stereocenters. The highest BCUT2D eigenvalue weighted by Gasteiger charge is 2.26. The van der Waals surface area contributed by atoms with E-state index in [9.17, 15) is 5.11 Å². The van der Waals surface area contributed by atoms with E-state index < -0.39 is 0 Å². The summed E-state index contributed by atoms with van der Waals surface area (Å²) >= 11 is 0. The first-order valence-corrected chi connectivity index (χ1v) is 5.47. The minimum Gasteiger partial charge on any atom is -0.393 e. The Morgan fingerprint density at radius 1 is 1.21 bits per heavy atom. The van der Waals surface area contributed by atoms with E-state index in [4.69, 9.17) is 0 Å². The monoisotopic (exact) mass is 190 g/mol. The summed E-state index contributed by atoms with van der Waals surface area (Å²) in [6.07, 6.45) is 2.10. The van der Waals surface area contributed by atoms with Gasteiger partial charge in [0.2, 0.25) is 0 Å². The molecule has 1 aromatic rings. The van der Waals surface area contributed by atoms with E-state index in [1.54, 1.807) is 0 Å². The van der Waals surface area contributed by atoms with Crippen LogP contribution in [0.5, 0.6) is 0 Å². The molecule has 1 aromatic carbocycles. The van der Waals surface area contributed by atoms with E-state index in [1.165, 1.54) is 17.5 Å². The first kappa shape index (κ1) is 9.72. The van der Waals surface area contributed by atoms with Gasteiger partial charge in [0.25, 0.3) is 0 Å². The average molecular weight is 190 g/mol. The molecule has 3 atom stereocenters. The standard InChI is InChI=1S/C13H18O/c1-9-7-8-12(10(2)14)13-6-4-3-5-11(9)13/h3-6,9-10,12,14H,7-8H2,1-2H3. The summed E-state index contributed by atoms with van der Waals surface area (Å²) < 4.78 is 0. The lowest BCUT2D eigenvalue weighted by atomic mass is 9.75. The maximum absolute atomic E-state index is 9.71. The summed E-state index contributed by atoms with van der Waals surface area (Å²) in [5.74, 6) is 1.00. The molecular formula is C13H18O. The van der Waals surface area contributed by atoms with Crippen molar-refractivity contribution in [1.82, 2.24) is 0 Å². The van der Waals surface area contributed by atoms with Crippen molar-refractivity contribution in [2.45, 2.75) is 44.6 Å². The summed E-state index contributed by atoms with van der Waals surface area (Å²) in [7, 11) is 0. The van der Waals surface area contributed by atoms with Crippen molar-refractivity contribution >= 4 is 0 Å². The fourth-order valence-electron chi connectivity index (χ4n) is 2.54. The van der Waals surface area contributed by atoms with Crippen LogP contribution in [0, 0.1) is 0 Å². The fraction of sp³-hybridized carbons (Fsp3) is 0.538. The Balaban J connectivity index is 2.41. The van der Waals surface area contributed by atoms with E-state index in [0.717, 1.165) is 6.42 Å². The highest BCUT2D eigenvalue weighted by molar-refractivity contribution is 5.35. The predicted octanol–water partition coefficient (Wildman–Crippen LogP) is 3.05. The second kappa shape index (κ2) is 3.74. The van der Waals surface area contributed by atoms with Crippen molar-refractivity contribution < 1.29 is 5.11 Å². The van der Waals surface area contributed by atoms with Crippen LogP contribution < -0.4 is 0 Å². The number of rotatable bonds is 1. The zero-order chi connectivity index (χ0) is 10.1. The maximum Gasteiger partial charge on any atom is 0.0580 e. The van der Waals surface area contributed by atoms with Crippen molar-refractivity contribution in [3.05, 3.63) is 35.4 Å². The number of aliphatic hydroxyl groups is 1. The Kier molecular flexibility index (Phi) is 2.60. The molecule has 0 amide bonds. The maximum atomic E-state index is 9.71. The third kappa shape index (κ3) is 1.57. The highest BCUT2D eigenvalue weighted by Crippen LogP contribution is 2.39. The van der Waals surface area contributed by atoms with Crippen LogP contribution in [0.2, 0.25) is 0 Å². The van der Waals surface area contributed by atoms with Crippen molar-refractivity contribution in [1.29, 1.82) is 0 Å². The summed E-state index contributed by atoms with van der Waals surface area (Å²) in [4.78, 5) is 0. The second-order valence-electron chi connectivity index (χ2n) is 4.45. The van der Waals surface area contributed by atoms with Gasteiger partial charge >= 0.3 is 0 Å². The summed E-state index contributed by atoms with van der Waals surface area (Å²) in [5, 5.41) is 9.71. The summed E-state index contributed by atoms with van der Waals surface area (Å²) in [6, 6.07) is 8.54. The molecule has 0 aliphatic heterocycles. The lowest BCUT2D eigenvalue weighted by Crippen LogP contribution is -2.21. The second-order valence-corrected chi connectivity index (χ2v) is 4.45. The Bertz CT molecular complexity index is 317. The number of aliphatic hydroxyl groups excluding tert-OH is 1. The first-order chi connectivity index (χ1) is 6.70. The van der Waals surface area contributed by atoms with Gasteiger partial charge in [0.1, 0.15) is 0 Å². The van der Waals surface area contributed by atoms with Gasteiger partial charge in [0.15, 0.2) is 0 Å². The van der Waals surface area contributed by atoms with Crippen LogP contribution in [0.1, 0.15) is 49.7 Å². The quantitative estimate of drug-likeness (QED) is 0.721. The smallest absolute Gasteiger partial charge is 0.0580 e. The van der Waals surface area contributed by atoms with Gasteiger partial charge in [-0.25, -0.2) is 0 Å². The van der Waals surface area contributed by atoms with Crippen molar-refractivity contribution in [2.24, 2.45) is 0 Å². The number of benzene rings is 1. The zero-order valence-electron chi connectivity index (χ0n) is 8.90. The normalized spacial score (nSPS) is 28.2. The van der Waals surface area contributed by atoms with Gasteiger partial charge in [-0.1, -0.05) is 31.2 Å². The molecule has 76 valence electrons. The molecule has 0 saturated heterocycles. The van der Waals surface area contributed by atoms with Gasteiger partial charge in [0.05, 0.1) is 6.10 Å². The van der Waals surface area contributed by atoms with Crippen LogP contribution >= 0.6 is 0 Å². The highest BCUT2D eigenvalue weighted by atomic mass is 16.3. The molecule has 1 N–H and O–H groups in total. The van der Waals surface area contributed by atoms with Gasteiger partial charge in [-0.2, -0.15) is 0 Å². The van der Waals surface area contributed by atoms with Crippen molar-refractivity contribution in [3.63, 3.8) is 0 Å². The van der Waals surface area contributed by atoms with Gasteiger partial charge in [-0.15, -0.1) is 0 Å². The van der Waals surface area contributed by atoms with Gasteiger partial charge in [-0.3, -0.25) is 0 Å². The number of hydrogen-bond donors (Lipinski definition) is 1. The van der Waals surface area contributed by atoms with Gasteiger partial charge in [-0.05, 0) is 36.8 Å². The molecule has 1 heteroatoms. The third-order valence-corrected chi connectivity index (χ3v) is 3.42. The number of hydrogen-bond acceptors (Lipinski definition) is 1. The van der Waals surface area contributed by atoms with Crippen LogP contribution in [-0.4, -0.2) is 11.2 Å². The minimum atomic E-state index is -0.219. The van der Waals surface area contributed by atoms with Crippen molar-refractivity contribution in [3.8, 4) is 0 Å². The van der Waals surface area contributed by atoms with E-state index in [0.29, 0.717) is 11.8 Å². The topological polar surface area (TPSA) is 20.2 Å². The van der Waals surface area contributed by atoms with Crippen LogP contribution in [0.25, 0.3) is 0 Å². The third-order valence-electron chi connectivity index (χ3n) is 3.42. The van der Waals surface area contributed by atoms with Crippen LogP contribution in [0.15, 0.2) is 24.3 Å². The van der Waals surface area contributed by atoms with E-state index in [1.807, 2.05) is 6.92 Å². The Morgan fingerprint density at radius 2 is 1.86 bits per heavy atom. The molecule has 0 heterocycles. The van der Waals surface area contributed by atoms with E-state index >= 15 is 0 Å². The molecule has 0 saturated carbocycles. The molecule has 1 aliphatic rings.